The van der Waals surface area contributed by atoms with E-state index in [-0.39, 0.29) is 5.56 Å². The summed E-state index contributed by atoms with van der Waals surface area (Å²) in [6.07, 6.45) is -1.96. The second kappa shape index (κ2) is 6.90. The van der Waals surface area contributed by atoms with Crippen LogP contribution in [0.2, 0.25) is 0 Å². The van der Waals surface area contributed by atoms with Crippen LogP contribution in [0, 0.1) is 0 Å². The number of hydrogen-bond acceptors (Lipinski definition) is 5. The van der Waals surface area contributed by atoms with Gasteiger partial charge in [0.05, 0.1) is 5.56 Å². The van der Waals surface area contributed by atoms with Gasteiger partial charge >= 0.3 is 6.18 Å². The summed E-state index contributed by atoms with van der Waals surface area (Å²) in [7, 11) is 0. The van der Waals surface area contributed by atoms with Crippen LogP contribution in [-0.4, -0.2) is 47.0 Å². The van der Waals surface area contributed by atoms with Crippen molar-refractivity contribution in [2.45, 2.75) is 18.6 Å². The number of halogens is 3. The number of piperazine rings is 1. The van der Waals surface area contributed by atoms with Crippen molar-refractivity contribution in [2.75, 3.05) is 31.5 Å². The molecule has 1 aromatic heterocycles. The van der Waals surface area contributed by atoms with E-state index in [1.54, 1.807) is 0 Å². The molecule has 2 aliphatic heterocycles. The van der Waals surface area contributed by atoms with Gasteiger partial charge in [-0.25, -0.2) is 9.97 Å². The Bertz CT molecular complexity index is 853. The molecule has 2 aromatic rings. The highest BCUT2D eigenvalue weighted by Crippen LogP contribution is 2.32. The van der Waals surface area contributed by atoms with Gasteiger partial charge in [0.25, 0.3) is 5.91 Å². The van der Waals surface area contributed by atoms with Crippen LogP contribution in [0.5, 0.6) is 0 Å². The monoisotopic (exact) mass is 377 g/mol. The van der Waals surface area contributed by atoms with Gasteiger partial charge in [0.1, 0.15) is 0 Å². The average molecular weight is 377 g/mol. The van der Waals surface area contributed by atoms with E-state index in [0.29, 0.717) is 11.7 Å². The minimum absolute atomic E-state index is 0.0247. The van der Waals surface area contributed by atoms with Gasteiger partial charge in [-0.05, 0) is 29.7 Å². The highest BCUT2D eigenvalue weighted by molar-refractivity contribution is 6.03. The van der Waals surface area contributed by atoms with Crippen molar-refractivity contribution in [2.24, 2.45) is 0 Å². The maximum atomic E-state index is 12.5. The Balaban J connectivity index is 1.49. The number of anilines is 1. The molecular weight excluding hydrogens is 359 g/mol. The summed E-state index contributed by atoms with van der Waals surface area (Å²) < 4.78 is 37.5. The Morgan fingerprint density at radius 3 is 2.74 bits per heavy atom. The first-order chi connectivity index (χ1) is 12.9. The Labute approximate surface area is 153 Å². The summed E-state index contributed by atoms with van der Waals surface area (Å²) in [5, 5.41) is 6.11. The molecule has 1 amide bonds. The molecule has 1 saturated heterocycles. The van der Waals surface area contributed by atoms with Crippen LogP contribution in [-0.2, 0) is 12.6 Å². The standard InChI is InChI=1S/C18H18F3N5O/c19-18(20,21)17-23-8-12(9-24-17)16(27)25-13-1-2-14-11(7-13)3-5-26-6-4-22-10-15(14)26/h1-2,7-9,15,22H,3-6,10H2,(H,25,27)/t15-/m0/s1. The van der Waals surface area contributed by atoms with Gasteiger partial charge < -0.3 is 10.6 Å². The average Bonchev–Trinajstić information content (AvgIpc) is 2.67. The molecule has 0 radical (unpaired) electrons. The maximum Gasteiger partial charge on any atom is 0.451 e. The summed E-state index contributed by atoms with van der Waals surface area (Å²) in [6.45, 7) is 3.90. The number of nitrogens with one attached hydrogen (secondary N) is 2. The van der Waals surface area contributed by atoms with Gasteiger partial charge in [0.2, 0.25) is 5.82 Å². The smallest absolute Gasteiger partial charge is 0.322 e. The number of carbonyl (C=O) groups excluding carboxylic acids is 1. The molecule has 0 bridgehead atoms. The minimum atomic E-state index is -4.63. The lowest BCUT2D eigenvalue weighted by molar-refractivity contribution is -0.145. The first-order valence-corrected chi connectivity index (χ1v) is 8.70. The van der Waals surface area contributed by atoms with E-state index in [1.165, 1.54) is 11.1 Å². The Morgan fingerprint density at radius 1 is 1.22 bits per heavy atom. The number of hydrogen-bond donors (Lipinski definition) is 2. The molecule has 1 atom stereocenters. The van der Waals surface area contributed by atoms with Gasteiger partial charge in [-0.2, -0.15) is 13.2 Å². The van der Waals surface area contributed by atoms with E-state index < -0.39 is 17.9 Å². The summed E-state index contributed by atoms with van der Waals surface area (Å²) in [5.74, 6) is -1.81. The van der Waals surface area contributed by atoms with Crippen molar-refractivity contribution < 1.29 is 18.0 Å². The Morgan fingerprint density at radius 2 is 2.00 bits per heavy atom. The number of amides is 1. The lowest BCUT2D eigenvalue weighted by atomic mass is 9.91. The number of fused-ring (bicyclic) bond motifs is 3. The Hall–Kier alpha value is -2.52. The molecule has 1 fully saturated rings. The van der Waals surface area contributed by atoms with E-state index in [4.69, 9.17) is 0 Å². The predicted molar refractivity (Wildman–Crippen MR) is 92.3 cm³/mol. The Kier molecular flexibility index (Phi) is 4.56. The largest absolute Gasteiger partial charge is 0.451 e. The van der Waals surface area contributed by atoms with Crippen LogP contribution in [0.3, 0.4) is 0 Å². The van der Waals surface area contributed by atoms with E-state index in [2.05, 4.69) is 25.5 Å². The quantitative estimate of drug-likeness (QED) is 0.840. The van der Waals surface area contributed by atoms with Gasteiger partial charge in [-0.3, -0.25) is 9.69 Å². The molecule has 0 saturated carbocycles. The van der Waals surface area contributed by atoms with Gasteiger partial charge in [-0.1, -0.05) is 6.07 Å². The molecule has 0 spiro atoms. The van der Waals surface area contributed by atoms with E-state index in [9.17, 15) is 18.0 Å². The predicted octanol–water partition coefficient (Wildman–Crippen LogP) is 2.25. The molecule has 9 heteroatoms. The highest BCUT2D eigenvalue weighted by atomic mass is 19.4. The molecule has 6 nitrogen and oxygen atoms in total. The molecule has 1 aromatic carbocycles. The first-order valence-electron chi connectivity index (χ1n) is 8.70. The zero-order valence-electron chi connectivity index (χ0n) is 14.4. The first kappa shape index (κ1) is 17.9. The van der Waals surface area contributed by atoms with Crippen molar-refractivity contribution in [3.63, 3.8) is 0 Å². The van der Waals surface area contributed by atoms with Crippen LogP contribution in [0.1, 0.15) is 33.4 Å². The van der Waals surface area contributed by atoms with Gasteiger partial charge in [-0.15, -0.1) is 0 Å². The molecule has 27 heavy (non-hydrogen) atoms. The molecular formula is C18H18F3N5O. The molecule has 0 unspecified atom stereocenters. The number of aromatic nitrogens is 2. The number of alkyl halides is 3. The number of carbonyl (C=O) groups is 1. The zero-order valence-corrected chi connectivity index (χ0v) is 14.4. The summed E-state index contributed by atoms with van der Waals surface area (Å²) in [4.78, 5) is 21.2. The number of nitrogens with zero attached hydrogens (tertiary/aromatic N) is 3. The zero-order chi connectivity index (χ0) is 19.0. The molecule has 0 aliphatic carbocycles. The van der Waals surface area contributed by atoms with Crippen molar-refractivity contribution in [1.29, 1.82) is 0 Å². The lowest BCUT2D eigenvalue weighted by Gasteiger charge is -2.41. The van der Waals surface area contributed by atoms with Crippen molar-refractivity contribution in [3.8, 4) is 0 Å². The summed E-state index contributed by atoms with van der Waals surface area (Å²) >= 11 is 0. The van der Waals surface area contributed by atoms with E-state index in [0.717, 1.165) is 45.0 Å². The molecule has 3 heterocycles. The van der Waals surface area contributed by atoms with E-state index in [1.807, 2.05) is 18.2 Å². The topological polar surface area (TPSA) is 70.2 Å². The highest BCUT2D eigenvalue weighted by Gasteiger charge is 2.34. The lowest BCUT2D eigenvalue weighted by Crippen LogP contribution is -2.48. The molecule has 2 aliphatic rings. The van der Waals surface area contributed by atoms with Crippen molar-refractivity contribution >= 4 is 11.6 Å². The van der Waals surface area contributed by atoms with Crippen molar-refractivity contribution in [3.05, 3.63) is 53.1 Å². The fraction of sp³-hybridized carbons (Fsp3) is 0.389. The van der Waals surface area contributed by atoms with E-state index >= 15 is 0 Å². The normalized spacial score (nSPS) is 19.9. The third kappa shape index (κ3) is 3.65. The summed E-state index contributed by atoms with van der Waals surface area (Å²) in [5.41, 5.74) is 3.02. The maximum absolute atomic E-state index is 12.5. The van der Waals surface area contributed by atoms with Crippen LogP contribution in [0.15, 0.2) is 30.6 Å². The molecule has 2 N–H and O–H groups in total. The third-order valence-corrected chi connectivity index (χ3v) is 4.95. The number of rotatable bonds is 2. The fourth-order valence-electron chi connectivity index (χ4n) is 3.60. The van der Waals surface area contributed by atoms with Crippen LogP contribution < -0.4 is 10.6 Å². The minimum Gasteiger partial charge on any atom is -0.322 e. The number of benzene rings is 1. The van der Waals surface area contributed by atoms with Gasteiger partial charge in [0.15, 0.2) is 0 Å². The second-order valence-corrected chi connectivity index (χ2v) is 6.67. The van der Waals surface area contributed by atoms with Crippen molar-refractivity contribution in [1.82, 2.24) is 20.2 Å². The van der Waals surface area contributed by atoms with Gasteiger partial charge in [0, 0.05) is 50.3 Å². The second-order valence-electron chi connectivity index (χ2n) is 6.67. The molecule has 4 rings (SSSR count). The summed E-state index contributed by atoms with van der Waals surface area (Å²) in [6, 6.07) is 6.11. The fourth-order valence-corrected chi connectivity index (χ4v) is 3.60. The SMILES string of the molecule is O=C(Nc1ccc2c(c1)CCN1CCNC[C@@H]21)c1cnc(C(F)(F)F)nc1. The van der Waals surface area contributed by atoms with Crippen LogP contribution >= 0.6 is 0 Å². The van der Waals surface area contributed by atoms with Crippen LogP contribution in [0.4, 0.5) is 18.9 Å². The van der Waals surface area contributed by atoms with Crippen LogP contribution in [0.25, 0.3) is 0 Å². The third-order valence-electron chi connectivity index (χ3n) is 4.95. The molecule has 142 valence electrons.